The molecule has 3 N–H and O–H groups in total. The van der Waals surface area contributed by atoms with Crippen molar-refractivity contribution in [2.24, 2.45) is 5.41 Å². The van der Waals surface area contributed by atoms with Gasteiger partial charge in [-0.3, -0.25) is 14.9 Å². The van der Waals surface area contributed by atoms with E-state index in [1.165, 1.54) is 24.6 Å². The molecule has 0 atom stereocenters. The first-order valence-electron chi connectivity index (χ1n) is 6.23. The first-order chi connectivity index (χ1) is 8.91. The van der Waals surface area contributed by atoms with Crippen molar-refractivity contribution >= 4 is 17.3 Å². The highest BCUT2D eigenvalue weighted by Gasteiger charge is 2.32. The zero-order valence-electron chi connectivity index (χ0n) is 10.8. The monoisotopic (exact) mass is 263 g/mol. The van der Waals surface area contributed by atoms with Crippen LogP contribution in [0.3, 0.4) is 0 Å². The van der Waals surface area contributed by atoms with Gasteiger partial charge in [0.2, 0.25) is 0 Å². The molecule has 19 heavy (non-hydrogen) atoms. The van der Waals surface area contributed by atoms with Crippen LogP contribution < -0.4 is 11.1 Å². The van der Waals surface area contributed by atoms with E-state index in [1.807, 2.05) is 0 Å². The van der Waals surface area contributed by atoms with Crippen molar-refractivity contribution in [1.29, 1.82) is 0 Å². The lowest BCUT2D eigenvalue weighted by Crippen LogP contribution is -2.39. The van der Waals surface area contributed by atoms with E-state index in [9.17, 15) is 14.9 Å². The number of hydrogen-bond donors (Lipinski definition) is 2. The topological polar surface area (TPSA) is 98.3 Å². The van der Waals surface area contributed by atoms with Crippen molar-refractivity contribution in [2.75, 3.05) is 12.3 Å². The standard InChI is InChI=1S/C13H17N3O3/c1-13(5-2-6-13)8-15-12(17)9-3-4-11(16(18)19)10(14)7-9/h3-4,7H,2,5-6,8,14H2,1H3,(H,15,17). The maximum absolute atomic E-state index is 11.9. The van der Waals surface area contributed by atoms with Crippen LogP contribution in [-0.2, 0) is 0 Å². The Bertz CT molecular complexity index is 524. The summed E-state index contributed by atoms with van der Waals surface area (Å²) < 4.78 is 0. The molecule has 1 fully saturated rings. The molecule has 1 aliphatic carbocycles. The summed E-state index contributed by atoms with van der Waals surface area (Å²) >= 11 is 0. The van der Waals surface area contributed by atoms with E-state index in [0.29, 0.717) is 12.1 Å². The summed E-state index contributed by atoms with van der Waals surface area (Å²) in [5, 5.41) is 13.5. The number of rotatable bonds is 4. The van der Waals surface area contributed by atoms with Crippen LogP contribution in [0.25, 0.3) is 0 Å². The Balaban J connectivity index is 2.03. The fourth-order valence-corrected chi connectivity index (χ4v) is 2.21. The van der Waals surface area contributed by atoms with Crippen LogP contribution in [0.1, 0.15) is 36.5 Å². The van der Waals surface area contributed by atoms with Crippen LogP contribution in [0, 0.1) is 15.5 Å². The molecular formula is C13H17N3O3. The SMILES string of the molecule is CC1(CNC(=O)c2ccc([N+](=O)[O-])c(N)c2)CCC1. The van der Waals surface area contributed by atoms with Gasteiger partial charge in [-0.1, -0.05) is 13.3 Å². The summed E-state index contributed by atoms with van der Waals surface area (Å²) in [4.78, 5) is 22.0. The third kappa shape index (κ3) is 2.83. The fourth-order valence-electron chi connectivity index (χ4n) is 2.21. The van der Waals surface area contributed by atoms with Gasteiger partial charge in [-0.2, -0.15) is 0 Å². The predicted molar refractivity (Wildman–Crippen MR) is 71.8 cm³/mol. The molecule has 0 radical (unpaired) electrons. The van der Waals surface area contributed by atoms with Gasteiger partial charge in [-0.15, -0.1) is 0 Å². The molecular weight excluding hydrogens is 246 g/mol. The molecule has 2 rings (SSSR count). The van der Waals surface area contributed by atoms with E-state index in [1.54, 1.807) is 0 Å². The second kappa shape index (κ2) is 4.87. The molecule has 1 aromatic rings. The molecule has 6 heteroatoms. The Morgan fingerprint density at radius 3 is 2.68 bits per heavy atom. The Morgan fingerprint density at radius 2 is 2.21 bits per heavy atom. The zero-order chi connectivity index (χ0) is 14.0. The first-order valence-corrected chi connectivity index (χ1v) is 6.23. The third-order valence-electron chi connectivity index (χ3n) is 3.72. The van der Waals surface area contributed by atoms with Gasteiger partial charge in [-0.25, -0.2) is 0 Å². The molecule has 0 aromatic heterocycles. The minimum atomic E-state index is -0.563. The number of carbonyl (C=O) groups is 1. The smallest absolute Gasteiger partial charge is 0.292 e. The number of amides is 1. The van der Waals surface area contributed by atoms with E-state index in [0.717, 1.165) is 12.8 Å². The number of anilines is 1. The van der Waals surface area contributed by atoms with Crippen LogP contribution in [0.2, 0.25) is 0 Å². The number of benzene rings is 1. The molecule has 1 amide bonds. The van der Waals surface area contributed by atoms with E-state index in [2.05, 4.69) is 12.2 Å². The molecule has 1 aliphatic rings. The average Bonchev–Trinajstić information content (AvgIpc) is 2.33. The lowest BCUT2D eigenvalue weighted by molar-refractivity contribution is -0.383. The van der Waals surface area contributed by atoms with Gasteiger partial charge in [0.15, 0.2) is 0 Å². The number of nitrogens with two attached hydrogens (primary N) is 1. The highest BCUT2D eigenvalue weighted by atomic mass is 16.6. The summed E-state index contributed by atoms with van der Waals surface area (Å²) in [6.45, 7) is 2.77. The van der Waals surface area contributed by atoms with Gasteiger partial charge in [-0.05, 0) is 30.4 Å². The Labute approximate surface area is 111 Å². The van der Waals surface area contributed by atoms with Crippen LogP contribution in [-0.4, -0.2) is 17.4 Å². The van der Waals surface area contributed by atoms with Gasteiger partial charge < -0.3 is 11.1 Å². The second-order valence-electron chi connectivity index (χ2n) is 5.38. The zero-order valence-corrected chi connectivity index (χ0v) is 10.8. The summed E-state index contributed by atoms with van der Waals surface area (Å²) in [6.07, 6.45) is 3.45. The van der Waals surface area contributed by atoms with Crippen LogP contribution in [0.15, 0.2) is 18.2 Å². The van der Waals surface area contributed by atoms with Crippen molar-refractivity contribution in [1.82, 2.24) is 5.32 Å². The highest BCUT2D eigenvalue weighted by Crippen LogP contribution is 2.39. The van der Waals surface area contributed by atoms with Gasteiger partial charge in [0.25, 0.3) is 11.6 Å². The molecule has 102 valence electrons. The molecule has 0 spiro atoms. The normalized spacial score (nSPS) is 16.5. The first kappa shape index (κ1) is 13.3. The number of nitrogens with one attached hydrogen (secondary N) is 1. The maximum Gasteiger partial charge on any atom is 0.292 e. The molecule has 0 heterocycles. The Kier molecular flexibility index (Phi) is 3.42. The van der Waals surface area contributed by atoms with Gasteiger partial charge in [0.1, 0.15) is 5.69 Å². The van der Waals surface area contributed by atoms with E-state index >= 15 is 0 Å². The average molecular weight is 263 g/mol. The number of nitro groups is 1. The molecule has 0 unspecified atom stereocenters. The Morgan fingerprint density at radius 1 is 1.53 bits per heavy atom. The number of carbonyl (C=O) groups excluding carboxylic acids is 1. The Hall–Kier alpha value is -2.11. The molecule has 1 saturated carbocycles. The van der Waals surface area contributed by atoms with Crippen molar-refractivity contribution in [3.05, 3.63) is 33.9 Å². The highest BCUT2D eigenvalue weighted by molar-refractivity contribution is 5.95. The van der Waals surface area contributed by atoms with E-state index in [-0.39, 0.29) is 22.7 Å². The van der Waals surface area contributed by atoms with Gasteiger partial charge in [0.05, 0.1) is 4.92 Å². The number of hydrogen-bond acceptors (Lipinski definition) is 4. The summed E-state index contributed by atoms with van der Waals surface area (Å²) in [5.74, 6) is -0.241. The second-order valence-corrected chi connectivity index (χ2v) is 5.38. The lowest BCUT2D eigenvalue weighted by Gasteiger charge is -2.38. The summed E-state index contributed by atoms with van der Waals surface area (Å²) in [6, 6.07) is 4.03. The van der Waals surface area contributed by atoms with Crippen LogP contribution in [0.4, 0.5) is 11.4 Å². The third-order valence-corrected chi connectivity index (χ3v) is 3.72. The maximum atomic E-state index is 11.9. The van der Waals surface area contributed by atoms with E-state index < -0.39 is 4.92 Å². The van der Waals surface area contributed by atoms with Crippen molar-refractivity contribution in [3.63, 3.8) is 0 Å². The molecule has 0 saturated heterocycles. The van der Waals surface area contributed by atoms with Crippen LogP contribution in [0.5, 0.6) is 0 Å². The summed E-state index contributed by atoms with van der Waals surface area (Å²) in [7, 11) is 0. The van der Waals surface area contributed by atoms with Crippen molar-refractivity contribution < 1.29 is 9.72 Å². The number of nitrogen functional groups attached to an aromatic ring is 1. The minimum absolute atomic E-state index is 0.00695. The lowest BCUT2D eigenvalue weighted by atomic mass is 9.70. The molecule has 0 aliphatic heterocycles. The van der Waals surface area contributed by atoms with Crippen molar-refractivity contribution in [2.45, 2.75) is 26.2 Å². The van der Waals surface area contributed by atoms with E-state index in [4.69, 9.17) is 5.73 Å². The molecule has 1 aromatic carbocycles. The van der Waals surface area contributed by atoms with Gasteiger partial charge in [0, 0.05) is 18.2 Å². The van der Waals surface area contributed by atoms with Crippen LogP contribution >= 0.6 is 0 Å². The minimum Gasteiger partial charge on any atom is -0.393 e. The largest absolute Gasteiger partial charge is 0.393 e. The quantitative estimate of drug-likeness (QED) is 0.493. The predicted octanol–water partition coefficient (Wildman–Crippen LogP) is 2.10. The number of nitro benzene ring substituents is 1. The van der Waals surface area contributed by atoms with Gasteiger partial charge >= 0.3 is 0 Å². The molecule has 6 nitrogen and oxygen atoms in total. The number of nitrogens with zero attached hydrogens (tertiary/aromatic N) is 1. The van der Waals surface area contributed by atoms with Crippen molar-refractivity contribution in [3.8, 4) is 0 Å². The fraction of sp³-hybridized carbons (Fsp3) is 0.462. The summed E-state index contributed by atoms with van der Waals surface area (Å²) in [5.41, 5.74) is 5.94. The molecule has 0 bridgehead atoms.